The van der Waals surface area contributed by atoms with Crippen LogP contribution in [0.3, 0.4) is 0 Å². The van der Waals surface area contributed by atoms with Crippen LogP contribution in [-0.4, -0.2) is 30.2 Å². The van der Waals surface area contributed by atoms with E-state index >= 15 is 0 Å². The first kappa shape index (κ1) is 19.1. The molecule has 0 saturated carbocycles. The van der Waals surface area contributed by atoms with E-state index < -0.39 is 23.1 Å². The van der Waals surface area contributed by atoms with E-state index in [1.165, 1.54) is 0 Å². The van der Waals surface area contributed by atoms with Gasteiger partial charge in [0, 0.05) is 0 Å². The van der Waals surface area contributed by atoms with Crippen molar-refractivity contribution in [2.45, 2.75) is 56.7 Å². The van der Waals surface area contributed by atoms with E-state index in [1.807, 2.05) is 6.92 Å². The zero-order valence-electron chi connectivity index (χ0n) is 12.4. The van der Waals surface area contributed by atoms with Gasteiger partial charge in [-0.25, -0.2) is 10.4 Å². The van der Waals surface area contributed by atoms with Crippen molar-refractivity contribution < 1.29 is 17.9 Å². The van der Waals surface area contributed by atoms with Crippen LogP contribution in [0.25, 0.3) is 0 Å². The number of aliphatic imine (C=N–C) groups is 1. The third-order valence-electron chi connectivity index (χ3n) is 3.84. The van der Waals surface area contributed by atoms with E-state index in [-0.39, 0.29) is 25.3 Å². The van der Waals surface area contributed by atoms with Gasteiger partial charge in [0.15, 0.2) is 0 Å². The van der Waals surface area contributed by atoms with E-state index in [9.17, 15) is 13.2 Å². The number of nitrogens with zero attached hydrogens (tertiary/aromatic N) is 1. The highest BCUT2D eigenvalue weighted by atomic mass is 35.5. The predicted octanol–water partition coefficient (Wildman–Crippen LogP) is 2.96. The Morgan fingerprint density at radius 1 is 1.55 bits per heavy atom. The van der Waals surface area contributed by atoms with Crippen LogP contribution in [0.2, 0.25) is 0 Å². The lowest BCUT2D eigenvalue weighted by Gasteiger charge is -2.44. The van der Waals surface area contributed by atoms with Crippen LogP contribution < -0.4 is 11.3 Å². The zero-order chi connectivity index (χ0) is 16.8. The van der Waals surface area contributed by atoms with Gasteiger partial charge in [-0.15, -0.1) is 18.0 Å². The number of hydrazine groups is 1. The molecule has 0 bridgehead atoms. The lowest BCUT2D eigenvalue weighted by Crippen LogP contribution is -2.59. The van der Waals surface area contributed by atoms with Gasteiger partial charge in [-0.3, -0.25) is 5.84 Å². The topological polar surface area (TPSA) is 59.6 Å². The first-order valence-corrected chi connectivity index (χ1v) is 7.57. The Morgan fingerprint density at radius 2 is 2.23 bits per heavy atom. The molecule has 0 saturated heterocycles. The minimum Gasteiger partial charge on any atom is -0.467 e. The van der Waals surface area contributed by atoms with Gasteiger partial charge in [-0.05, 0) is 12.8 Å². The van der Waals surface area contributed by atoms with Gasteiger partial charge in [0.25, 0.3) is 0 Å². The molecule has 1 aliphatic heterocycles. The molecule has 0 aromatic carbocycles. The van der Waals surface area contributed by atoms with Crippen LogP contribution in [0.4, 0.5) is 13.2 Å². The Kier molecular flexibility index (Phi) is 6.98. The average Bonchev–Trinajstić information content (AvgIpc) is 2.45. The van der Waals surface area contributed by atoms with Crippen molar-refractivity contribution in [3.8, 4) is 12.3 Å². The number of halogens is 4. The van der Waals surface area contributed by atoms with E-state index in [4.69, 9.17) is 28.6 Å². The molecule has 1 aliphatic rings. The predicted molar refractivity (Wildman–Crippen MR) is 80.2 cm³/mol. The maximum atomic E-state index is 13.7. The minimum atomic E-state index is -4.48. The number of ether oxygens (including phenoxy) is 1. The summed E-state index contributed by atoms with van der Waals surface area (Å²) in [6.45, 7) is 1.82. The highest BCUT2D eigenvalue weighted by Crippen LogP contribution is 2.51. The van der Waals surface area contributed by atoms with Crippen LogP contribution in [0.5, 0.6) is 0 Å². The summed E-state index contributed by atoms with van der Waals surface area (Å²) in [4.78, 5) is 3.93. The number of hydrogen-bond acceptors (Lipinski definition) is 4. The molecule has 3 unspecified atom stereocenters. The number of rotatable bonds is 6. The zero-order valence-corrected chi connectivity index (χ0v) is 13.2. The molecule has 0 aromatic rings. The van der Waals surface area contributed by atoms with Crippen molar-refractivity contribution in [3.63, 3.8) is 0 Å². The van der Waals surface area contributed by atoms with Gasteiger partial charge >= 0.3 is 6.18 Å². The fraction of sp³-hybridized carbons (Fsp3) is 0.786. The maximum Gasteiger partial charge on any atom is 0.397 e. The Hall–Kier alpha value is -0.970. The van der Waals surface area contributed by atoms with Gasteiger partial charge in [0.2, 0.25) is 5.90 Å². The summed E-state index contributed by atoms with van der Waals surface area (Å²) in [5.41, 5.74) is 0.0526. The number of unbranched alkanes of at least 4 members (excludes halogenated alkanes) is 2. The highest BCUT2D eigenvalue weighted by Gasteiger charge is 2.61. The number of terminal acetylenes is 1. The maximum absolute atomic E-state index is 13.7. The second-order valence-electron chi connectivity index (χ2n) is 5.31. The smallest absolute Gasteiger partial charge is 0.397 e. The van der Waals surface area contributed by atoms with Crippen molar-refractivity contribution in [1.82, 2.24) is 5.43 Å². The largest absolute Gasteiger partial charge is 0.467 e. The second-order valence-corrected chi connectivity index (χ2v) is 5.84. The molecule has 0 radical (unpaired) electrons. The summed E-state index contributed by atoms with van der Waals surface area (Å²) in [7, 11) is 0. The van der Waals surface area contributed by atoms with E-state index in [0.29, 0.717) is 12.8 Å². The lowest BCUT2D eigenvalue weighted by atomic mass is 9.73. The molecular weight excluding hydrogens is 319 g/mol. The Bertz CT molecular complexity index is 436. The fourth-order valence-electron chi connectivity index (χ4n) is 2.63. The normalized spacial score (nSPS) is 28.9. The van der Waals surface area contributed by atoms with Crippen molar-refractivity contribution in [2.24, 2.45) is 16.3 Å². The van der Waals surface area contributed by atoms with Gasteiger partial charge in [0.1, 0.15) is 23.6 Å². The first-order valence-electron chi connectivity index (χ1n) is 7.13. The Morgan fingerprint density at radius 3 is 2.73 bits per heavy atom. The number of nitrogens with two attached hydrogens (primary N) is 1. The molecule has 22 heavy (non-hydrogen) atoms. The molecule has 0 amide bonds. The SMILES string of the molecule is C#CCOC1=NC(NN)C(CCCCC)(C(F)(F)F)CC1Cl. The van der Waals surface area contributed by atoms with E-state index in [0.717, 1.165) is 6.42 Å². The third-order valence-corrected chi connectivity index (χ3v) is 4.18. The van der Waals surface area contributed by atoms with Crippen molar-refractivity contribution in [3.05, 3.63) is 0 Å². The molecule has 0 spiro atoms. The van der Waals surface area contributed by atoms with Crippen LogP contribution in [0.1, 0.15) is 39.0 Å². The summed E-state index contributed by atoms with van der Waals surface area (Å²) in [6, 6.07) is 0. The molecule has 126 valence electrons. The fourth-order valence-corrected chi connectivity index (χ4v) is 3.03. The summed E-state index contributed by atoms with van der Waals surface area (Å²) >= 11 is 6.05. The molecule has 8 heteroatoms. The van der Waals surface area contributed by atoms with Gasteiger partial charge in [0.05, 0.1) is 0 Å². The van der Waals surface area contributed by atoms with Crippen molar-refractivity contribution >= 4 is 17.5 Å². The number of hydrogen-bond donors (Lipinski definition) is 2. The monoisotopic (exact) mass is 339 g/mol. The molecule has 1 heterocycles. The molecule has 0 aromatic heterocycles. The standard InChI is InChI=1S/C14H21ClF3N3O/c1-3-5-6-7-13(14(16,17)18)9-10(15)11(22-8-4-2)20-12(13)21-19/h2,10,12,21H,3,5-9,19H2,1H3. The second kappa shape index (κ2) is 8.04. The van der Waals surface area contributed by atoms with Gasteiger partial charge in [-0.1, -0.05) is 32.1 Å². The molecule has 1 rings (SSSR count). The van der Waals surface area contributed by atoms with E-state index in [1.54, 1.807) is 0 Å². The quantitative estimate of drug-likeness (QED) is 0.257. The molecule has 0 fully saturated rings. The van der Waals surface area contributed by atoms with Gasteiger partial charge < -0.3 is 4.74 Å². The highest BCUT2D eigenvalue weighted by molar-refractivity contribution is 6.31. The summed E-state index contributed by atoms with van der Waals surface area (Å²) < 4.78 is 46.3. The summed E-state index contributed by atoms with van der Waals surface area (Å²) in [6.07, 6.45) is 0.755. The van der Waals surface area contributed by atoms with Crippen molar-refractivity contribution in [1.29, 1.82) is 0 Å². The Labute approximate surface area is 133 Å². The Balaban J connectivity index is 3.10. The van der Waals surface area contributed by atoms with Gasteiger partial charge in [-0.2, -0.15) is 13.2 Å². The molecule has 4 nitrogen and oxygen atoms in total. The van der Waals surface area contributed by atoms with Crippen LogP contribution in [0.15, 0.2) is 4.99 Å². The molecule has 3 N–H and O–H groups in total. The number of nitrogens with one attached hydrogen (secondary N) is 1. The molecule has 0 aliphatic carbocycles. The molecule has 3 atom stereocenters. The molecular formula is C14H21ClF3N3O. The van der Waals surface area contributed by atoms with E-state index in [2.05, 4.69) is 16.3 Å². The average molecular weight is 340 g/mol. The summed E-state index contributed by atoms with van der Waals surface area (Å²) in [5.74, 6) is 7.54. The van der Waals surface area contributed by atoms with Crippen LogP contribution in [-0.2, 0) is 4.74 Å². The lowest BCUT2D eigenvalue weighted by molar-refractivity contribution is -0.241. The minimum absolute atomic E-state index is 0.00191. The number of alkyl halides is 4. The summed E-state index contributed by atoms with van der Waals surface area (Å²) in [5, 5.41) is -0.985. The first-order chi connectivity index (χ1) is 10.3. The van der Waals surface area contributed by atoms with Crippen LogP contribution in [0, 0.1) is 17.8 Å². The van der Waals surface area contributed by atoms with Crippen molar-refractivity contribution in [2.75, 3.05) is 6.61 Å². The third kappa shape index (κ3) is 4.06. The van der Waals surface area contributed by atoms with Crippen LogP contribution >= 0.6 is 11.6 Å².